The van der Waals surface area contributed by atoms with Crippen LogP contribution in [0.1, 0.15) is 37.8 Å². The zero-order chi connectivity index (χ0) is 13.9. The highest BCUT2D eigenvalue weighted by molar-refractivity contribution is 5.52. The predicted octanol–water partition coefficient (Wildman–Crippen LogP) is 2.46. The van der Waals surface area contributed by atoms with E-state index < -0.39 is 5.60 Å². The van der Waals surface area contributed by atoms with Crippen molar-refractivity contribution in [2.24, 2.45) is 0 Å². The van der Waals surface area contributed by atoms with Gasteiger partial charge in [-0.25, -0.2) is 0 Å². The summed E-state index contributed by atoms with van der Waals surface area (Å²) in [5.41, 5.74) is 3.39. The van der Waals surface area contributed by atoms with Crippen LogP contribution in [0.2, 0.25) is 0 Å². The lowest BCUT2D eigenvalue weighted by Crippen LogP contribution is -2.29. The molecule has 2 rings (SSSR count). The van der Waals surface area contributed by atoms with Crippen molar-refractivity contribution in [3.8, 4) is 0 Å². The van der Waals surface area contributed by atoms with E-state index >= 15 is 0 Å². The fourth-order valence-corrected chi connectivity index (χ4v) is 2.64. The first-order chi connectivity index (χ1) is 9.02. The van der Waals surface area contributed by atoms with E-state index in [4.69, 9.17) is 0 Å². The molecule has 106 valence electrons. The number of rotatable bonds is 5. The Bertz CT molecular complexity index is 429. The standard InChI is InChI=1S/C16H26N2O/c1-4-8-17-11-14-5-6-15(10-13(14)2)18-9-7-16(3,19)12-18/h5-6,10,17,19H,4,7-9,11-12H2,1-3H3. The van der Waals surface area contributed by atoms with Crippen molar-refractivity contribution < 1.29 is 5.11 Å². The van der Waals surface area contributed by atoms with Gasteiger partial charge in [0, 0.05) is 25.3 Å². The average molecular weight is 262 g/mol. The smallest absolute Gasteiger partial charge is 0.0810 e. The molecule has 1 heterocycles. The molecule has 1 unspecified atom stereocenters. The highest BCUT2D eigenvalue weighted by Gasteiger charge is 2.31. The third kappa shape index (κ3) is 3.71. The Morgan fingerprint density at radius 3 is 2.79 bits per heavy atom. The van der Waals surface area contributed by atoms with Crippen LogP contribution in [-0.2, 0) is 6.54 Å². The molecule has 2 N–H and O–H groups in total. The van der Waals surface area contributed by atoms with Crippen LogP contribution in [0.4, 0.5) is 5.69 Å². The lowest BCUT2D eigenvalue weighted by atomic mass is 10.1. The largest absolute Gasteiger partial charge is 0.388 e. The van der Waals surface area contributed by atoms with Gasteiger partial charge in [0.1, 0.15) is 0 Å². The molecule has 0 bridgehead atoms. The number of hydrogen-bond acceptors (Lipinski definition) is 3. The van der Waals surface area contributed by atoms with Gasteiger partial charge < -0.3 is 15.3 Å². The van der Waals surface area contributed by atoms with Crippen molar-refractivity contribution in [3.63, 3.8) is 0 Å². The Balaban J connectivity index is 2.02. The normalized spacial score (nSPS) is 23.1. The molecule has 1 aromatic carbocycles. The molecule has 1 atom stereocenters. The SMILES string of the molecule is CCCNCc1ccc(N2CCC(C)(O)C2)cc1C. The van der Waals surface area contributed by atoms with E-state index in [2.05, 4.69) is 42.3 Å². The fourth-order valence-electron chi connectivity index (χ4n) is 2.64. The maximum Gasteiger partial charge on any atom is 0.0810 e. The van der Waals surface area contributed by atoms with Gasteiger partial charge in [-0.1, -0.05) is 13.0 Å². The quantitative estimate of drug-likeness (QED) is 0.800. The zero-order valence-corrected chi connectivity index (χ0v) is 12.4. The van der Waals surface area contributed by atoms with Crippen molar-refractivity contribution in [2.75, 3.05) is 24.5 Å². The Kier molecular flexibility index (Phi) is 4.48. The maximum atomic E-state index is 10.0. The molecule has 1 aromatic rings. The molecule has 0 aromatic heterocycles. The van der Waals surface area contributed by atoms with Crippen LogP contribution in [0.15, 0.2) is 18.2 Å². The predicted molar refractivity (Wildman–Crippen MR) is 80.6 cm³/mol. The molecule has 0 amide bonds. The number of nitrogens with one attached hydrogen (secondary N) is 1. The Labute approximate surface area is 116 Å². The highest BCUT2D eigenvalue weighted by Crippen LogP contribution is 2.27. The van der Waals surface area contributed by atoms with Crippen LogP contribution in [0.3, 0.4) is 0 Å². The number of aliphatic hydroxyl groups is 1. The van der Waals surface area contributed by atoms with Crippen LogP contribution >= 0.6 is 0 Å². The second kappa shape index (κ2) is 5.93. The monoisotopic (exact) mass is 262 g/mol. The number of nitrogens with zero attached hydrogens (tertiary/aromatic N) is 1. The molecule has 0 aliphatic carbocycles. The third-order valence-corrected chi connectivity index (χ3v) is 3.89. The van der Waals surface area contributed by atoms with E-state index in [0.29, 0.717) is 0 Å². The molecule has 0 saturated carbocycles. The summed E-state index contributed by atoms with van der Waals surface area (Å²) in [5, 5.41) is 13.5. The zero-order valence-electron chi connectivity index (χ0n) is 12.4. The number of anilines is 1. The van der Waals surface area contributed by atoms with Crippen molar-refractivity contribution in [1.82, 2.24) is 5.32 Å². The van der Waals surface area contributed by atoms with Crippen LogP contribution in [0.25, 0.3) is 0 Å². The molecular formula is C16H26N2O. The van der Waals surface area contributed by atoms with E-state index in [9.17, 15) is 5.11 Å². The molecule has 3 heteroatoms. The molecule has 1 aliphatic heterocycles. The van der Waals surface area contributed by atoms with Gasteiger partial charge in [-0.3, -0.25) is 0 Å². The first-order valence-corrected chi connectivity index (χ1v) is 7.29. The molecule has 3 nitrogen and oxygen atoms in total. The fraction of sp³-hybridized carbons (Fsp3) is 0.625. The van der Waals surface area contributed by atoms with Gasteiger partial charge in [0.25, 0.3) is 0 Å². The molecule has 0 radical (unpaired) electrons. The van der Waals surface area contributed by atoms with Gasteiger partial charge >= 0.3 is 0 Å². The summed E-state index contributed by atoms with van der Waals surface area (Å²) >= 11 is 0. The summed E-state index contributed by atoms with van der Waals surface area (Å²) < 4.78 is 0. The average Bonchev–Trinajstić information content (AvgIpc) is 2.72. The number of aryl methyl sites for hydroxylation is 1. The van der Waals surface area contributed by atoms with E-state index in [0.717, 1.165) is 32.6 Å². The minimum Gasteiger partial charge on any atom is -0.388 e. The summed E-state index contributed by atoms with van der Waals surface area (Å²) in [4.78, 5) is 2.27. The highest BCUT2D eigenvalue weighted by atomic mass is 16.3. The number of hydrogen-bond donors (Lipinski definition) is 2. The first-order valence-electron chi connectivity index (χ1n) is 7.29. The summed E-state index contributed by atoms with van der Waals surface area (Å²) in [6.45, 7) is 9.96. The third-order valence-electron chi connectivity index (χ3n) is 3.89. The Hall–Kier alpha value is -1.06. The van der Waals surface area contributed by atoms with E-state index in [1.54, 1.807) is 0 Å². The Morgan fingerprint density at radius 2 is 2.21 bits per heavy atom. The van der Waals surface area contributed by atoms with Crippen molar-refractivity contribution >= 4 is 5.69 Å². The summed E-state index contributed by atoms with van der Waals surface area (Å²) in [6.07, 6.45) is 2.02. The second-order valence-electron chi connectivity index (χ2n) is 5.96. The topological polar surface area (TPSA) is 35.5 Å². The van der Waals surface area contributed by atoms with Gasteiger partial charge in [0.15, 0.2) is 0 Å². The van der Waals surface area contributed by atoms with Crippen LogP contribution in [0, 0.1) is 6.92 Å². The minimum atomic E-state index is -0.532. The first kappa shape index (κ1) is 14.4. The van der Waals surface area contributed by atoms with Crippen molar-refractivity contribution in [2.45, 2.75) is 45.8 Å². The van der Waals surface area contributed by atoms with Gasteiger partial charge in [-0.15, -0.1) is 0 Å². The lowest BCUT2D eigenvalue weighted by Gasteiger charge is -2.22. The van der Waals surface area contributed by atoms with Gasteiger partial charge in [0.05, 0.1) is 5.60 Å². The summed E-state index contributed by atoms with van der Waals surface area (Å²) in [7, 11) is 0. The molecule has 1 fully saturated rings. The van der Waals surface area contributed by atoms with Gasteiger partial charge in [0.2, 0.25) is 0 Å². The lowest BCUT2D eigenvalue weighted by molar-refractivity contribution is 0.0839. The molecular weight excluding hydrogens is 236 g/mol. The van der Waals surface area contributed by atoms with Gasteiger partial charge in [-0.2, -0.15) is 0 Å². The minimum absolute atomic E-state index is 0.532. The summed E-state index contributed by atoms with van der Waals surface area (Å²) in [5.74, 6) is 0. The Morgan fingerprint density at radius 1 is 1.42 bits per heavy atom. The summed E-state index contributed by atoms with van der Waals surface area (Å²) in [6, 6.07) is 6.63. The molecule has 1 aliphatic rings. The molecule has 1 saturated heterocycles. The van der Waals surface area contributed by atoms with E-state index in [1.165, 1.54) is 23.2 Å². The van der Waals surface area contributed by atoms with E-state index in [-0.39, 0.29) is 0 Å². The van der Waals surface area contributed by atoms with Crippen LogP contribution in [-0.4, -0.2) is 30.3 Å². The second-order valence-corrected chi connectivity index (χ2v) is 5.96. The molecule has 19 heavy (non-hydrogen) atoms. The van der Waals surface area contributed by atoms with Crippen LogP contribution in [0.5, 0.6) is 0 Å². The number of β-amino-alcohol motifs (C(OH)–C–C–N with tert-alkyl or cyclic N) is 1. The van der Waals surface area contributed by atoms with Crippen molar-refractivity contribution in [3.05, 3.63) is 29.3 Å². The van der Waals surface area contributed by atoms with Crippen LogP contribution < -0.4 is 10.2 Å². The maximum absolute atomic E-state index is 10.0. The number of benzene rings is 1. The van der Waals surface area contributed by atoms with Crippen molar-refractivity contribution in [1.29, 1.82) is 0 Å². The van der Waals surface area contributed by atoms with E-state index in [1.807, 2.05) is 6.92 Å². The molecule has 0 spiro atoms. The van der Waals surface area contributed by atoms with Gasteiger partial charge in [-0.05, 0) is 56.5 Å².